The van der Waals surface area contributed by atoms with Crippen LogP contribution >= 0.6 is 0 Å². The molecule has 144 valence electrons. The van der Waals surface area contributed by atoms with Crippen molar-refractivity contribution in [2.45, 2.75) is 20.1 Å². The maximum absolute atomic E-state index is 12.3. The average molecular weight is 372 g/mol. The topological polar surface area (TPSA) is 85.2 Å². The first-order valence-corrected chi connectivity index (χ1v) is 8.66. The standard InChI is InChI=1S/C21H24O6/c1-4-26-21(27-5-2)15-9-6-14(7-10-15)8-12-17(22)16-11-13-18(23)20(25-3)19(16)24/h6-13,21,23-24H,4-5H2,1-3H3/b12-8+. The Morgan fingerprint density at radius 3 is 2.22 bits per heavy atom. The number of carbonyl (C=O) groups is 1. The van der Waals surface area contributed by atoms with Gasteiger partial charge in [0.1, 0.15) is 0 Å². The van der Waals surface area contributed by atoms with E-state index in [-0.39, 0.29) is 17.1 Å². The lowest BCUT2D eigenvalue weighted by atomic mass is 10.1. The molecule has 0 saturated heterocycles. The van der Waals surface area contributed by atoms with Crippen LogP contribution in [0.1, 0.15) is 41.6 Å². The monoisotopic (exact) mass is 372 g/mol. The van der Waals surface area contributed by atoms with Crippen molar-refractivity contribution in [1.82, 2.24) is 0 Å². The fraction of sp³-hybridized carbons (Fsp3) is 0.286. The Kier molecular flexibility index (Phi) is 7.40. The van der Waals surface area contributed by atoms with Crippen LogP contribution in [0.5, 0.6) is 17.2 Å². The summed E-state index contributed by atoms with van der Waals surface area (Å²) in [6.07, 6.45) is 2.57. The highest BCUT2D eigenvalue weighted by atomic mass is 16.7. The quantitative estimate of drug-likeness (QED) is 0.392. The number of ether oxygens (including phenoxy) is 3. The van der Waals surface area contributed by atoms with Gasteiger partial charge >= 0.3 is 0 Å². The van der Waals surface area contributed by atoms with Crippen LogP contribution in [0.4, 0.5) is 0 Å². The van der Waals surface area contributed by atoms with Crippen LogP contribution in [0.2, 0.25) is 0 Å². The number of benzene rings is 2. The molecule has 27 heavy (non-hydrogen) atoms. The third kappa shape index (κ3) is 5.09. The van der Waals surface area contributed by atoms with Gasteiger partial charge in [-0.25, -0.2) is 0 Å². The van der Waals surface area contributed by atoms with E-state index < -0.39 is 17.8 Å². The molecule has 2 N–H and O–H groups in total. The van der Waals surface area contributed by atoms with Crippen molar-refractivity contribution < 1.29 is 29.2 Å². The Morgan fingerprint density at radius 2 is 1.67 bits per heavy atom. The molecule has 2 rings (SSSR count). The second-order valence-corrected chi connectivity index (χ2v) is 5.62. The number of allylic oxidation sites excluding steroid dienone is 1. The minimum Gasteiger partial charge on any atom is -0.504 e. The Bertz CT molecular complexity index is 789. The van der Waals surface area contributed by atoms with Crippen LogP contribution in [0.25, 0.3) is 6.08 Å². The predicted octanol–water partition coefficient (Wildman–Crippen LogP) is 4.07. The minimum atomic E-state index is -0.416. The Morgan fingerprint density at radius 1 is 1.04 bits per heavy atom. The molecule has 0 unspecified atom stereocenters. The summed E-state index contributed by atoms with van der Waals surface area (Å²) in [6.45, 7) is 4.89. The number of rotatable bonds is 9. The van der Waals surface area contributed by atoms with Crippen LogP contribution in [0, 0.1) is 0 Å². The van der Waals surface area contributed by atoms with E-state index in [2.05, 4.69) is 0 Å². The number of aromatic hydroxyl groups is 2. The number of hydrogen-bond donors (Lipinski definition) is 2. The molecule has 0 aliphatic heterocycles. The van der Waals surface area contributed by atoms with Gasteiger partial charge in [0.25, 0.3) is 0 Å². The van der Waals surface area contributed by atoms with Crippen molar-refractivity contribution in [1.29, 1.82) is 0 Å². The summed E-state index contributed by atoms with van der Waals surface area (Å²) in [5.74, 6) is -1.16. The van der Waals surface area contributed by atoms with E-state index in [1.54, 1.807) is 6.08 Å². The van der Waals surface area contributed by atoms with Gasteiger partial charge < -0.3 is 24.4 Å². The molecule has 2 aromatic rings. The molecular weight excluding hydrogens is 348 g/mol. The smallest absolute Gasteiger partial charge is 0.203 e. The molecular formula is C21H24O6. The van der Waals surface area contributed by atoms with E-state index in [1.807, 2.05) is 38.1 Å². The first kappa shape index (κ1) is 20.5. The lowest BCUT2D eigenvalue weighted by Crippen LogP contribution is -2.08. The first-order chi connectivity index (χ1) is 13.0. The van der Waals surface area contributed by atoms with Gasteiger partial charge in [-0.15, -0.1) is 0 Å². The lowest BCUT2D eigenvalue weighted by Gasteiger charge is -2.17. The van der Waals surface area contributed by atoms with Gasteiger partial charge in [0.15, 0.2) is 23.6 Å². The number of ketones is 1. The number of carbonyl (C=O) groups excluding carboxylic acids is 1. The van der Waals surface area contributed by atoms with Crippen LogP contribution in [-0.2, 0) is 9.47 Å². The molecule has 0 aromatic heterocycles. The molecule has 0 amide bonds. The van der Waals surface area contributed by atoms with Gasteiger partial charge in [-0.2, -0.15) is 0 Å². The molecule has 0 heterocycles. The lowest BCUT2D eigenvalue weighted by molar-refractivity contribution is -0.140. The van der Waals surface area contributed by atoms with E-state index in [4.69, 9.17) is 14.2 Å². The van der Waals surface area contributed by atoms with E-state index in [0.29, 0.717) is 13.2 Å². The number of phenolic OH excluding ortho intramolecular Hbond substituents is 2. The Labute approximate surface area is 158 Å². The van der Waals surface area contributed by atoms with E-state index in [0.717, 1.165) is 11.1 Å². The van der Waals surface area contributed by atoms with Gasteiger partial charge in [-0.3, -0.25) is 4.79 Å². The zero-order valence-corrected chi connectivity index (χ0v) is 15.6. The molecule has 0 radical (unpaired) electrons. The zero-order valence-electron chi connectivity index (χ0n) is 15.6. The number of phenols is 2. The van der Waals surface area contributed by atoms with E-state index in [1.165, 1.54) is 25.3 Å². The Hall–Kier alpha value is -2.83. The molecule has 0 fully saturated rings. The van der Waals surface area contributed by atoms with Gasteiger partial charge in [-0.1, -0.05) is 30.3 Å². The molecule has 0 aliphatic rings. The van der Waals surface area contributed by atoms with Crippen LogP contribution < -0.4 is 4.74 Å². The SMILES string of the molecule is CCOC(OCC)c1ccc(/C=C/C(=O)c2ccc(O)c(OC)c2O)cc1. The summed E-state index contributed by atoms with van der Waals surface area (Å²) in [6, 6.07) is 10.1. The second kappa shape index (κ2) is 9.75. The molecule has 0 spiro atoms. The highest BCUT2D eigenvalue weighted by Crippen LogP contribution is 2.38. The average Bonchev–Trinajstić information content (AvgIpc) is 2.67. The molecule has 0 saturated carbocycles. The summed E-state index contributed by atoms with van der Waals surface area (Å²) in [4.78, 5) is 12.3. The van der Waals surface area contributed by atoms with Crippen molar-refractivity contribution in [3.05, 3.63) is 59.2 Å². The van der Waals surface area contributed by atoms with Gasteiger partial charge in [0, 0.05) is 18.8 Å². The molecule has 6 nitrogen and oxygen atoms in total. The highest BCUT2D eigenvalue weighted by molar-refractivity contribution is 6.09. The molecule has 2 aromatic carbocycles. The first-order valence-electron chi connectivity index (χ1n) is 8.66. The third-order valence-corrected chi connectivity index (χ3v) is 3.85. The molecule has 6 heteroatoms. The van der Waals surface area contributed by atoms with Gasteiger partial charge in [0.05, 0.1) is 12.7 Å². The summed E-state index contributed by atoms with van der Waals surface area (Å²) in [7, 11) is 1.30. The summed E-state index contributed by atoms with van der Waals surface area (Å²) >= 11 is 0. The van der Waals surface area contributed by atoms with Crippen LogP contribution in [0.3, 0.4) is 0 Å². The third-order valence-electron chi connectivity index (χ3n) is 3.85. The maximum atomic E-state index is 12.3. The van der Waals surface area contributed by atoms with Crippen molar-refractivity contribution in [2.24, 2.45) is 0 Å². The molecule has 0 aliphatic carbocycles. The van der Waals surface area contributed by atoms with Gasteiger partial charge in [0.2, 0.25) is 5.75 Å². The van der Waals surface area contributed by atoms with Crippen molar-refractivity contribution in [3.63, 3.8) is 0 Å². The predicted molar refractivity (Wildman–Crippen MR) is 102 cm³/mol. The van der Waals surface area contributed by atoms with E-state index >= 15 is 0 Å². The summed E-state index contributed by atoms with van der Waals surface area (Å²) < 4.78 is 16.0. The summed E-state index contributed by atoms with van der Waals surface area (Å²) in [5, 5.41) is 19.7. The summed E-state index contributed by atoms with van der Waals surface area (Å²) in [5.41, 5.74) is 1.75. The van der Waals surface area contributed by atoms with Crippen LogP contribution in [0.15, 0.2) is 42.5 Å². The molecule has 0 atom stereocenters. The minimum absolute atomic E-state index is 0.0466. The highest BCUT2D eigenvalue weighted by Gasteiger charge is 2.16. The van der Waals surface area contributed by atoms with Crippen LogP contribution in [-0.4, -0.2) is 36.3 Å². The van der Waals surface area contributed by atoms with Crippen molar-refractivity contribution in [2.75, 3.05) is 20.3 Å². The van der Waals surface area contributed by atoms with Crippen molar-refractivity contribution >= 4 is 11.9 Å². The number of hydrogen-bond acceptors (Lipinski definition) is 6. The second-order valence-electron chi connectivity index (χ2n) is 5.62. The normalized spacial score (nSPS) is 11.3. The largest absolute Gasteiger partial charge is 0.504 e. The molecule has 0 bridgehead atoms. The fourth-order valence-electron chi connectivity index (χ4n) is 2.53. The van der Waals surface area contributed by atoms with E-state index in [9.17, 15) is 15.0 Å². The number of methoxy groups -OCH3 is 1. The van der Waals surface area contributed by atoms with Gasteiger partial charge in [-0.05, 0) is 37.6 Å². The maximum Gasteiger partial charge on any atom is 0.203 e. The van der Waals surface area contributed by atoms with Crippen molar-refractivity contribution in [3.8, 4) is 17.2 Å². The Balaban J connectivity index is 2.15. The zero-order chi connectivity index (χ0) is 19.8. The fourth-order valence-corrected chi connectivity index (χ4v) is 2.53.